The molecule has 0 saturated heterocycles. The molecular formula is C13H17N3O2. The van der Waals surface area contributed by atoms with Crippen molar-refractivity contribution in [1.82, 2.24) is 14.8 Å². The van der Waals surface area contributed by atoms with E-state index in [0.29, 0.717) is 6.61 Å². The lowest BCUT2D eigenvalue weighted by Gasteiger charge is -2.08. The van der Waals surface area contributed by atoms with Gasteiger partial charge >= 0.3 is 0 Å². The SMILES string of the molecule is Cc1nnc(COc2ccc([C@H](C)O)cc2)n1C. The third-order valence-corrected chi connectivity index (χ3v) is 2.91. The van der Waals surface area contributed by atoms with E-state index in [9.17, 15) is 5.11 Å². The molecule has 1 atom stereocenters. The van der Waals surface area contributed by atoms with E-state index in [-0.39, 0.29) is 0 Å². The van der Waals surface area contributed by atoms with E-state index in [1.807, 2.05) is 42.8 Å². The Balaban J connectivity index is 2.00. The van der Waals surface area contributed by atoms with Gasteiger partial charge in [-0.25, -0.2) is 0 Å². The van der Waals surface area contributed by atoms with Crippen molar-refractivity contribution in [2.24, 2.45) is 7.05 Å². The van der Waals surface area contributed by atoms with Crippen LogP contribution < -0.4 is 4.74 Å². The van der Waals surface area contributed by atoms with E-state index in [2.05, 4.69) is 10.2 Å². The average Bonchev–Trinajstić information content (AvgIpc) is 2.68. The molecule has 2 aromatic rings. The van der Waals surface area contributed by atoms with Crippen LogP contribution in [-0.2, 0) is 13.7 Å². The first-order valence-corrected chi connectivity index (χ1v) is 5.83. The molecule has 2 rings (SSSR count). The van der Waals surface area contributed by atoms with E-state index in [1.54, 1.807) is 6.92 Å². The van der Waals surface area contributed by atoms with Gasteiger partial charge < -0.3 is 14.4 Å². The number of aryl methyl sites for hydroxylation is 1. The van der Waals surface area contributed by atoms with Crippen LogP contribution in [0.3, 0.4) is 0 Å². The Morgan fingerprint density at radius 2 is 1.94 bits per heavy atom. The number of ether oxygens (including phenoxy) is 1. The fraction of sp³-hybridized carbons (Fsp3) is 0.385. The standard InChI is InChI=1S/C13H17N3O2/c1-9(17)11-4-6-12(7-5-11)18-8-13-15-14-10(2)16(13)3/h4-7,9,17H,8H2,1-3H3/t9-/m0/s1. The Bertz CT molecular complexity index is 518. The number of benzene rings is 1. The molecule has 0 amide bonds. The second-order valence-electron chi connectivity index (χ2n) is 4.26. The molecule has 0 aliphatic heterocycles. The summed E-state index contributed by atoms with van der Waals surface area (Å²) in [5.41, 5.74) is 0.872. The van der Waals surface area contributed by atoms with Crippen LogP contribution >= 0.6 is 0 Å². The molecular weight excluding hydrogens is 230 g/mol. The predicted molar refractivity (Wildman–Crippen MR) is 67.1 cm³/mol. The highest BCUT2D eigenvalue weighted by Crippen LogP contribution is 2.18. The first-order valence-electron chi connectivity index (χ1n) is 5.83. The van der Waals surface area contributed by atoms with E-state index in [4.69, 9.17) is 4.74 Å². The van der Waals surface area contributed by atoms with E-state index < -0.39 is 6.10 Å². The van der Waals surface area contributed by atoms with Gasteiger partial charge in [-0.3, -0.25) is 0 Å². The van der Waals surface area contributed by atoms with Crippen molar-refractivity contribution in [3.63, 3.8) is 0 Å². The molecule has 0 unspecified atom stereocenters. The van der Waals surface area contributed by atoms with Crippen molar-refractivity contribution >= 4 is 0 Å². The minimum Gasteiger partial charge on any atom is -0.486 e. The summed E-state index contributed by atoms with van der Waals surface area (Å²) < 4.78 is 7.51. The molecule has 0 fully saturated rings. The van der Waals surface area contributed by atoms with Crippen molar-refractivity contribution in [3.8, 4) is 5.75 Å². The highest BCUT2D eigenvalue weighted by atomic mass is 16.5. The Labute approximate surface area is 106 Å². The lowest BCUT2D eigenvalue weighted by atomic mass is 10.1. The third-order valence-electron chi connectivity index (χ3n) is 2.91. The molecule has 0 aliphatic carbocycles. The predicted octanol–water partition coefficient (Wildman–Crippen LogP) is 1.76. The molecule has 5 heteroatoms. The fourth-order valence-corrected chi connectivity index (χ4v) is 1.57. The molecule has 1 aromatic carbocycles. The quantitative estimate of drug-likeness (QED) is 0.894. The van der Waals surface area contributed by atoms with Gasteiger partial charge in [0.15, 0.2) is 5.82 Å². The third kappa shape index (κ3) is 2.68. The summed E-state index contributed by atoms with van der Waals surface area (Å²) in [6.45, 7) is 4.01. The summed E-state index contributed by atoms with van der Waals surface area (Å²) in [5.74, 6) is 2.39. The number of aliphatic hydroxyl groups excluding tert-OH is 1. The van der Waals surface area contributed by atoms with Crippen molar-refractivity contribution in [2.45, 2.75) is 26.6 Å². The Morgan fingerprint density at radius 3 is 2.44 bits per heavy atom. The van der Waals surface area contributed by atoms with Crippen LogP contribution in [0.5, 0.6) is 5.75 Å². The lowest BCUT2D eigenvalue weighted by molar-refractivity contribution is 0.199. The molecule has 96 valence electrons. The number of rotatable bonds is 4. The van der Waals surface area contributed by atoms with Gasteiger partial charge in [0, 0.05) is 7.05 Å². The minimum absolute atomic E-state index is 0.380. The second kappa shape index (κ2) is 5.18. The van der Waals surface area contributed by atoms with Crippen LogP contribution in [0.4, 0.5) is 0 Å². The summed E-state index contributed by atoms with van der Waals surface area (Å²) in [7, 11) is 1.91. The summed E-state index contributed by atoms with van der Waals surface area (Å²) in [6.07, 6.45) is -0.458. The monoisotopic (exact) mass is 247 g/mol. The molecule has 5 nitrogen and oxygen atoms in total. The number of nitrogens with zero attached hydrogens (tertiary/aromatic N) is 3. The molecule has 0 radical (unpaired) electrons. The van der Waals surface area contributed by atoms with Gasteiger partial charge in [0.2, 0.25) is 0 Å². The van der Waals surface area contributed by atoms with Crippen LogP contribution in [0.15, 0.2) is 24.3 Å². The second-order valence-corrected chi connectivity index (χ2v) is 4.26. The molecule has 18 heavy (non-hydrogen) atoms. The van der Waals surface area contributed by atoms with Gasteiger partial charge in [0.05, 0.1) is 6.10 Å². The Morgan fingerprint density at radius 1 is 1.28 bits per heavy atom. The van der Waals surface area contributed by atoms with Crippen molar-refractivity contribution in [1.29, 1.82) is 0 Å². The fourth-order valence-electron chi connectivity index (χ4n) is 1.57. The van der Waals surface area contributed by atoms with Gasteiger partial charge in [-0.15, -0.1) is 10.2 Å². The number of hydrogen-bond acceptors (Lipinski definition) is 4. The van der Waals surface area contributed by atoms with Crippen molar-refractivity contribution < 1.29 is 9.84 Å². The highest BCUT2D eigenvalue weighted by Gasteiger charge is 2.06. The topological polar surface area (TPSA) is 60.2 Å². The summed E-state index contributed by atoms with van der Waals surface area (Å²) in [5, 5.41) is 17.4. The molecule has 0 aliphatic rings. The number of aromatic nitrogens is 3. The van der Waals surface area contributed by atoms with Crippen LogP contribution in [0, 0.1) is 6.92 Å². The lowest BCUT2D eigenvalue weighted by Crippen LogP contribution is -2.04. The maximum atomic E-state index is 9.40. The Kier molecular flexibility index (Phi) is 3.62. The van der Waals surface area contributed by atoms with E-state index in [1.165, 1.54) is 0 Å². The van der Waals surface area contributed by atoms with Crippen molar-refractivity contribution in [2.75, 3.05) is 0 Å². The first kappa shape index (κ1) is 12.6. The maximum absolute atomic E-state index is 9.40. The van der Waals surface area contributed by atoms with Gasteiger partial charge in [-0.2, -0.15) is 0 Å². The van der Waals surface area contributed by atoms with Crippen LogP contribution in [0.2, 0.25) is 0 Å². The van der Waals surface area contributed by atoms with Gasteiger partial charge in [0.1, 0.15) is 18.2 Å². The van der Waals surface area contributed by atoms with Crippen LogP contribution in [-0.4, -0.2) is 19.9 Å². The summed E-state index contributed by atoms with van der Waals surface area (Å²) in [4.78, 5) is 0. The molecule has 1 aromatic heterocycles. The minimum atomic E-state index is -0.458. The van der Waals surface area contributed by atoms with Crippen LogP contribution in [0.25, 0.3) is 0 Å². The number of aliphatic hydroxyl groups is 1. The molecule has 0 bridgehead atoms. The van der Waals surface area contributed by atoms with E-state index >= 15 is 0 Å². The zero-order valence-electron chi connectivity index (χ0n) is 10.8. The van der Waals surface area contributed by atoms with Gasteiger partial charge in [0.25, 0.3) is 0 Å². The molecule has 0 saturated carbocycles. The van der Waals surface area contributed by atoms with Crippen LogP contribution in [0.1, 0.15) is 30.2 Å². The summed E-state index contributed by atoms with van der Waals surface area (Å²) >= 11 is 0. The molecule has 0 spiro atoms. The highest BCUT2D eigenvalue weighted by molar-refractivity contribution is 5.28. The smallest absolute Gasteiger partial charge is 0.170 e. The average molecular weight is 247 g/mol. The molecule has 1 heterocycles. The maximum Gasteiger partial charge on any atom is 0.170 e. The first-order chi connectivity index (χ1) is 8.58. The normalized spacial score (nSPS) is 12.4. The summed E-state index contributed by atoms with van der Waals surface area (Å²) in [6, 6.07) is 7.38. The van der Waals surface area contributed by atoms with E-state index in [0.717, 1.165) is 23.0 Å². The zero-order chi connectivity index (χ0) is 13.1. The largest absolute Gasteiger partial charge is 0.486 e. The zero-order valence-corrected chi connectivity index (χ0v) is 10.8. The van der Waals surface area contributed by atoms with Gasteiger partial charge in [-0.05, 0) is 31.5 Å². The number of hydrogen-bond donors (Lipinski definition) is 1. The Hall–Kier alpha value is -1.88. The molecule has 1 N–H and O–H groups in total. The van der Waals surface area contributed by atoms with Gasteiger partial charge in [-0.1, -0.05) is 12.1 Å². The van der Waals surface area contributed by atoms with Crippen molar-refractivity contribution in [3.05, 3.63) is 41.5 Å².